The summed E-state index contributed by atoms with van der Waals surface area (Å²) in [5.74, 6) is -0.389. The van der Waals surface area contributed by atoms with Crippen molar-refractivity contribution in [3.63, 3.8) is 0 Å². The standard InChI is InChI=1S/C16H15FN4OS/c17-13-5-3-12(4-6-13)16(14-2-1-9-23-14)20-15(22)7-8-21-11-18-10-19-21/h1-6,9-11,16H,7-8H2,(H,20,22). The zero-order valence-electron chi connectivity index (χ0n) is 12.2. The number of aromatic nitrogens is 3. The molecule has 0 radical (unpaired) electrons. The first kappa shape index (κ1) is 15.4. The first-order valence-electron chi connectivity index (χ1n) is 7.13. The summed E-state index contributed by atoms with van der Waals surface area (Å²) >= 11 is 1.55. The van der Waals surface area contributed by atoms with Crippen LogP contribution >= 0.6 is 11.3 Å². The van der Waals surface area contributed by atoms with E-state index in [2.05, 4.69) is 15.4 Å². The number of thiophene rings is 1. The lowest BCUT2D eigenvalue weighted by Crippen LogP contribution is -2.29. The molecule has 1 amide bonds. The summed E-state index contributed by atoms with van der Waals surface area (Å²) in [6.45, 7) is 0.465. The Kier molecular flexibility index (Phi) is 4.77. The summed E-state index contributed by atoms with van der Waals surface area (Å²) in [5.41, 5.74) is 0.850. The molecule has 0 bridgehead atoms. The summed E-state index contributed by atoms with van der Waals surface area (Å²) in [6, 6.07) is 9.79. The van der Waals surface area contributed by atoms with E-state index in [-0.39, 0.29) is 17.8 Å². The van der Waals surface area contributed by atoms with Crippen molar-refractivity contribution in [1.29, 1.82) is 0 Å². The Morgan fingerprint density at radius 2 is 2.13 bits per heavy atom. The number of nitrogens with zero attached hydrogens (tertiary/aromatic N) is 3. The summed E-state index contributed by atoms with van der Waals surface area (Å²) < 4.78 is 14.7. The van der Waals surface area contributed by atoms with Gasteiger partial charge < -0.3 is 5.32 Å². The van der Waals surface area contributed by atoms with Crippen LogP contribution in [0.2, 0.25) is 0 Å². The molecule has 118 valence electrons. The average molecular weight is 330 g/mol. The van der Waals surface area contributed by atoms with Crippen LogP contribution in [0.25, 0.3) is 0 Å². The van der Waals surface area contributed by atoms with Gasteiger partial charge in [-0.2, -0.15) is 5.10 Å². The minimum Gasteiger partial charge on any atom is -0.344 e. The maximum atomic E-state index is 13.1. The Morgan fingerprint density at radius 3 is 2.78 bits per heavy atom. The van der Waals surface area contributed by atoms with E-state index < -0.39 is 0 Å². The van der Waals surface area contributed by atoms with Crippen molar-refractivity contribution in [2.75, 3.05) is 0 Å². The van der Waals surface area contributed by atoms with Crippen LogP contribution in [0.15, 0.2) is 54.4 Å². The molecular formula is C16H15FN4OS. The lowest BCUT2D eigenvalue weighted by Gasteiger charge is -2.18. The van der Waals surface area contributed by atoms with Crippen LogP contribution in [0, 0.1) is 5.82 Å². The molecule has 0 fully saturated rings. The van der Waals surface area contributed by atoms with Crippen LogP contribution in [0.3, 0.4) is 0 Å². The minimum atomic E-state index is -0.295. The lowest BCUT2D eigenvalue weighted by molar-refractivity contribution is -0.121. The maximum absolute atomic E-state index is 13.1. The van der Waals surface area contributed by atoms with Gasteiger partial charge in [-0.3, -0.25) is 9.48 Å². The van der Waals surface area contributed by atoms with Crippen molar-refractivity contribution >= 4 is 17.2 Å². The van der Waals surface area contributed by atoms with Gasteiger partial charge in [-0.1, -0.05) is 18.2 Å². The van der Waals surface area contributed by atoms with E-state index in [0.29, 0.717) is 13.0 Å². The van der Waals surface area contributed by atoms with E-state index in [4.69, 9.17) is 0 Å². The van der Waals surface area contributed by atoms with Crippen molar-refractivity contribution in [1.82, 2.24) is 20.1 Å². The summed E-state index contributed by atoms with van der Waals surface area (Å²) in [7, 11) is 0. The van der Waals surface area contributed by atoms with Crippen molar-refractivity contribution in [2.24, 2.45) is 0 Å². The van der Waals surface area contributed by atoms with Crippen LogP contribution in [0.4, 0.5) is 4.39 Å². The third-order valence-electron chi connectivity index (χ3n) is 3.37. The molecule has 0 spiro atoms. The predicted molar refractivity (Wildman–Crippen MR) is 85.3 cm³/mol. The largest absolute Gasteiger partial charge is 0.344 e. The van der Waals surface area contributed by atoms with Gasteiger partial charge in [0.05, 0.1) is 12.6 Å². The van der Waals surface area contributed by atoms with Crippen molar-refractivity contribution in [2.45, 2.75) is 19.0 Å². The zero-order valence-corrected chi connectivity index (χ0v) is 13.0. The molecule has 1 unspecified atom stereocenters. The molecule has 5 nitrogen and oxygen atoms in total. The highest BCUT2D eigenvalue weighted by Crippen LogP contribution is 2.26. The Bertz CT molecular complexity index is 741. The number of carbonyl (C=O) groups excluding carboxylic acids is 1. The number of halogens is 1. The van der Waals surface area contributed by atoms with Crippen molar-refractivity contribution in [3.8, 4) is 0 Å². The van der Waals surface area contributed by atoms with Crippen LogP contribution in [-0.2, 0) is 11.3 Å². The third kappa shape index (κ3) is 4.01. The van der Waals surface area contributed by atoms with Crippen LogP contribution < -0.4 is 5.32 Å². The highest BCUT2D eigenvalue weighted by Gasteiger charge is 2.18. The van der Waals surface area contributed by atoms with E-state index >= 15 is 0 Å². The number of nitrogens with one attached hydrogen (secondary N) is 1. The van der Waals surface area contributed by atoms with Crippen LogP contribution in [0.5, 0.6) is 0 Å². The Labute approximate surface area is 136 Å². The number of amides is 1. The van der Waals surface area contributed by atoms with Crippen molar-refractivity contribution in [3.05, 3.63) is 70.7 Å². The third-order valence-corrected chi connectivity index (χ3v) is 4.31. The second-order valence-corrected chi connectivity index (χ2v) is 5.96. The number of carbonyl (C=O) groups is 1. The fourth-order valence-electron chi connectivity index (χ4n) is 2.23. The van der Waals surface area contributed by atoms with E-state index in [1.54, 1.807) is 34.5 Å². The molecule has 0 aliphatic rings. The van der Waals surface area contributed by atoms with Gasteiger partial charge >= 0.3 is 0 Å². The summed E-state index contributed by atoms with van der Waals surface area (Å²) in [4.78, 5) is 17.1. The van der Waals surface area contributed by atoms with Gasteiger partial charge in [-0.25, -0.2) is 9.37 Å². The Hall–Kier alpha value is -2.54. The van der Waals surface area contributed by atoms with Crippen LogP contribution in [-0.4, -0.2) is 20.7 Å². The number of rotatable bonds is 6. The molecule has 2 aromatic heterocycles. The fraction of sp³-hybridized carbons (Fsp3) is 0.188. The highest BCUT2D eigenvalue weighted by molar-refractivity contribution is 7.10. The first-order valence-corrected chi connectivity index (χ1v) is 8.01. The molecule has 1 aromatic carbocycles. The molecule has 23 heavy (non-hydrogen) atoms. The number of benzene rings is 1. The molecule has 7 heteroatoms. The second kappa shape index (κ2) is 7.15. The highest BCUT2D eigenvalue weighted by atomic mass is 32.1. The van der Waals surface area contributed by atoms with E-state index in [0.717, 1.165) is 10.4 Å². The fourth-order valence-corrected chi connectivity index (χ4v) is 3.03. The van der Waals surface area contributed by atoms with E-state index in [1.807, 2.05) is 17.5 Å². The van der Waals surface area contributed by atoms with Gasteiger partial charge in [0.1, 0.15) is 18.5 Å². The zero-order chi connectivity index (χ0) is 16.1. The predicted octanol–water partition coefficient (Wildman–Crippen LogP) is 2.77. The van der Waals surface area contributed by atoms with Gasteiger partial charge in [-0.05, 0) is 29.1 Å². The smallest absolute Gasteiger partial charge is 0.222 e. The Morgan fingerprint density at radius 1 is 1.30 bits per heavy atom. The van der Waals surface area contributed by atoms with Crippen LogP contribution in [0.1, 0.15) is 22.9 Å². The molecule has 1 N–H and O–H groups in total. The van der Waals surface area contributed by atoms with Gasteiger partial charge in [0.2, 0.25) is 5.91 Å². The number of hydrogen-bond acceptors (Lipinski definition) is 4. The van der Waals surface area contributed by atoms with Gasteiger partial charge in [0, 0.05) is 11.3 Å². The van der Waals surface area contributed by atoms with E-state index in [9.17, 15) is 9.18 Å². The molecule has 3 aromatic rings. The van der Waals surface area contributed by atoms with E-state index in [1.165, 1.54) is 18.5 Å². The van der Waals surface area contributed by atoms with Gasteiger partial charge in [0.15, 0.2) is 0 Å². The molecular weight excluding hydrogens is 315 g/mol. The topological polar surface area (TPSA) is 59.8 Å². The average Bonchev–Trinajstić information content (AvgIpc) is 3.25. The number of hydrogen-bond donors (Lipinski definition) is 1. The summed E-state index contributed by atoms with van der Waals surface area (Å²) in [6.07, 6.45) is 3.31. The molecule has 0 saturated carbocycles. The van der Waals surface area contributed by atoms with Gasteiger partial charge in [0.25, 0.3) is 0 Å². The van der Waals surface area contributed by atoms with Gasteiger partial charge in [-0.15, -0.1) is 11.3 Å². The molecule has 0 aliphatic heterocycles. The van der Waals surface area contributed by atoms with Crippen molar-refractivity contribution < 1.29 is 9.18 Å². The molecule has 3 rings (SSSR count). The molecule has 0 saturated heterocycles. The maximum Gasteiger partial charge on any atom is 0.222 e. The summed E-state index contributed by atoms with van der Waals surface area (Å²) in [5, 5.41) is 8.93. The minimum absolute atomic E-state index is 0.0942. The first-order chi connectivity index (χ1) is 11.2. The monoisotopic (exact) mass is 330 g/mol. The quantitative estimate of drug-likeness (QED) is 0.756. The normalized spacial score (nSPS) is 12.0. The molecule has 2 heterocycles. The Balaban J connectivity index is 1.71. The SMILES string of the molecule is O=C(CCn1cncn1)NC(c1ccc(F)cc1)c1cccs1. The lowest BCUT2D eigenvalue weighted by atomic mass is 10.1. The second-order valence-electron chi connectivity index (χ2n) is 4.98. The number of aryl methyl sites for hydroxylation is 1. The molecule has 0 aliphatic carbocycles. The molecule has 1 atom stereocenters.